The van der Waals surface area contributed by atoms with Gasteiger partial charge in [-0.15, -0.1) is 0 Å². The van der Waals surface area contributed by atoms with Crippen LogP contribution in [0, 0.1) is 0 Å². The SMILES string of the molecule is NCCNCCCCCCCCCCC[SiH3]. The van der Waals surface area contributed by atoms with Crippen molar-refractivity contribution < 1.29 is 0 Å². The topological polar surface area (TPSA) is 38.0 Å². The van der Waals surface area contributed by atoms with Crippen LogP contribution in [0.5, 0.6) is 0 Å². The Morgan fingerprint density at radius 1 is 0.688 bits per heavy atom. The molecule has 0 aliphatic carbocycles. The van der Waals surface area contributed by atoms with E-state index in [1.165, 1.54) is 74.1 Å². The molecule has 0 bridgehead atoms. The molecule has 0 amide bonds. The number of hydrogen-bond donors (Lipinski definition) is 2. The van der Waals surface area contributed by atoms with Crippen LogP contribution in [0.3, 0.4) is 0 Å². The van der Waals surface area contributed by atoms with Gasteiger partial charge in [-0.2, -0.15) is 0 Å². The summed E-state index contributed by atoms with van der Waals surface area (Å²) in [6, 6.07) is 1.50. The summed E-state index contributed by atoms with van der Waals surface area (Å²) in [7, 11) is 1.40. The van der Waals surface area contributed by atoms with Gasteiger partial charge in [-0.1, -0.05) is 57.4 Å². The van der Waals surface area contributed by atoms with Crippen LogP contribution in [0.4, 0.5) is 0 Å². The molecule has 0 rings (SSSR count). The normalized spacial score (nSPS) is 11.1. The Bertz CT molecular complexity index is 107. The van der Waals surface area contributed by atoms with Gasteiger partial charge in [0.25, 0.3) is 0 Å². The van der Waals surface area contributed by atoms with E-state index in [1.807, 2.05) is 0 Å². The van der Waals surface area contributed by atoms with Gasteiger partial charge in [-0.05, 0) is 13.0 Å². The first kappa shape index (κ1) is 16.1. The molecule has 0 spiro atoms. The molecule has 2 nitrogen and oxygen atoms in total. The van der Waals surface area contributed by atoms with Gasteiger partial charge in [0.1, 0.15) is 0 Å². The van der Waals surface area contributed by atoms with Gasteiger partial charge >= 0.3 is 0 Å². The van der Waals surface area contributed by atoms with Crippen molar-refractivity contribution in [3.05, 3.63) is 0 Å². The van der Waals surface area contributed by atoms with E-state index in [0.717, 1.165) is 19.6 Å². The van der Waals surface area contributed by atoms with Crippen molar-refractivity contribution in [2.45, 2.75) is 63.8 Å². The molecule has 0 aromatic rings. The molecule has 3 N–H and O–H groups in total. The van der Waals surface area contributed by atoms with Crippen LogP contribution >= 0.6 is 0 Å². The van der Waals surface area contributed by atoms with Crippen LogP contribution < -0.4 is 11.1 Å². The lowest BCUT2D eigenvalue weighted by Crippen LogP contribution is -2.23. The van der Waals surface area contributed by atoms with Gasteiger partial charge in [-0.3, -0.25) is 0 Å². The van der Waals surface area contributed by atoms with Crippen LogP contribution in [0.25, 0.3) is 0 Å². The summed E-state index contributed by atoms with van der Waals surface area (Å²) in [5.74, 6) is 0. The zero-order chi connectivity index (χ0) is 11.9. The molecular formula is C13H32N2Si. The second kappa shape index (κ2) is 15.1. The molecule has 0 aliphatic heterocycles. The fourth-order valence-corrected chi connectivity index (χ4v) is 2.46. The van der Waals surface area contributed by atoms with Gasteiger partial charge in [0, 0.05) is 23.3 Å². The van der Waals surface area contributed by atoms with Gasteiger partial charge < -0.3 is 11.1 Å². The average Bonchev–Trinajstić information content (AvgIpc) is 2.31. The van der Waals surface area contributed by atoms with Crippen molar-refractivity contribution in [1.29, 1.82) is 0 Å². The van der Waals surface area contributed by atoms with Crippen LogP contribution in [0.2, 0.25) is 6.04 Å². The Balaban J connectivity index is 2.83. The van der Waals surface area contributed by atoms with Crippen molar-refractivity contribution in [3.63, 3.8) is 0 Å². The summed E-state index contributed by atoms with van der Waals surface area (Å²) in [4.78, 5) is 0. The third-order valence-electron chi connectivity index (χ3n) is 3.03. The molecule has 0 unspecified atom stereocenters. The first-order valence-electron chi connectivity index (χ1n) is 7.32. The maximum absolute atomic E-state index is 5.40. The first-order valence-corrected chi connectivity index (χ1v) is 8.74. The van der Waals surface area contributed by atoms with Gasteiger partial charge in [-0.25, -0.2) is 0 Å². The number of nitrogens with one attached hydrogen (secondary N) is 1. The zero-order valence-electron chi connectivity index (χ0n) is 11.3. The molecule has 0 aliphatic rings. The molecule has 0 radical (unpaired) electrons. The molecule has 0 aromatic heterocycles. The van der Waals surface area contributed by atoms with E-state index in [0.29, 0.717) is 0 Å². The molecular weight excluding hydrogens is 212 g/mol. The van der Waals surface area contributed by atoms with Crippen LogP contribution in [-0.4, -0.2) is 29.9 Å². The Morgan fingerprint density at radius 2 is 1.19 bits per heavy atom. The molecule has 0 fully saturated rings. The van der Waals surface area contributed by atoms with E-state index in [-0.39, 0.29) is 0 Å². The summed E-state index contributed by atoms with van der Waals surface area (Å²) < 4.78 is 0. The van der Waals surface area contributed by atoms with Crippen LogP contribution in [0.1, 0.15) is 57.8 Å². The Hall–Kier alpha value is 0.137. The Morgan fingerprint density at radius 3 is 1.69 bits per heavy atom. The average molecular weight is 244 g/mol. The predicted molar refractivity (Wildman–Crippen MR) is 78.2 cm³/mol. The summed E-state index contributed by atoms with van der Waals surface area (Å²) >= 11 is 0. The highest BCUT2D eigenvalue weighted by atomic mass is 28.1. The Labute approximate surface area is 105 Å². The molecule has 0 aromatic carbocycles. The van der Waals surface area contributed by atoms with Crippen LogP contribution in [-0.2, 0) is 0 Å². The number of rotatable bonds is 13. The quantitative estimate of drug-likeness (QED) is 0.383. The maximum Gasteiger partial charge on any atom is 0.00745 e. The largest absolute Gasteiger partial charge is 0.329 e. The van der Waals surface area contributed by atoms with E-state index >= 15 is 0 Å². The molecule has 0 saturated heterocycles. The second-order valence-corrected chi connectivity index (χ2v) is 5.72. The van der Waals surface area contributed by atoms with Gasteiger partial charge in [0.15, 0.2) is 0 Å². The van der Waals surface area contributed by atoms with Crippen molar-refractivity contribution in [2.24, 2.45) is 5.73 Å². The molecule has 0 saturated carbocycles. The standard InChI is InChI=1S/C13H32N2Si/c14-10-12-15-11-8-6-4-2-1-3-5-7-9-13-16/h15H,1-14H2,16H3. The van der Waals surface area contributed by atoms with Crippen molar-refractivity contribution in [1.82, 2.24) is 5.32 Å². The minimum absolute atomic E-state index is 0.764. The lowest BCUT2D eigenvalue weighted by molar-refractivity contribution is 0.550. The summed E-state index contributed by atoms with van der Waals surface area (Å²) in [5.41, 5.74) is 5.40. The molecule has 3 heteroatoms. The monoisotopic (exact) mass is 244 g/mol. The molecule has 98 valence electrons. The highest BCUT2D eigenvalue weighted by Gasteiger charge is 1.92. The molecule has 0 heterocycles. The third-order valence-corrected chi connectivity index (χ3v) is 3.74. The number of nitrogens with two attached hydrogens (primary N) is 1. The lowest BCUT2D eigenvalue weighted by Gasteiger charge is -2.03. The van der Waals surface area contributed by atoms with E-state index < -0.39 is 0 Å². The van der Waals surface area contributed by atoms with Gasteiger partial charge in [0.05, 0.1) is 0 Å². The smallest absolute Gasteiger partial charge is 0.00745 e. The molecule has 0 atom stereocenters. The van der Waals surface area contributed by atoms with Gasteiger partial charge in [0.2, 0.25) is 0 Å². The summed E-state index contributed by atoms with van der Waals surface area (Å²) in [6.07, 6.45) is 12.9. The number of unbranched alkanes of at least 4 members (excludes halogenated alkanes) is 8. The zero-order valence-corrected chi connectivity index (χ0v) is 13.3. The van der Waals surface area contributed by atoms with Crippen LogP contribution in [0.15, 0.2) is 0 Å². The fraction of sp³-hybridized carbons (Fsp3) is 1.00. The highest BCUT2D eigenvalue weighted by molar-refractivity contribution is 6.08. The fourth-order valence-electron chi connectivity index (χ4n) is 1.96. The number of hydrogen-bond acceptors (Lipinski definition) is 2. The third kappa shape index (κ3) is 14.1. The summed E-state index contributed by atoms with van der Waals surface area (Å²) in [6.45, 7) is 2.89. The molecule has 16 heavy (non-hydrogen) atoms. The highest BCUT2D eigenvalue weighted by Crippen LogP contribution is 2.09. The van der Waals surface area contributed by atoms with E-state index in [2.05, 4.69) is 5.32 Å². The Kier molecular flexibility index (Phi) is 15.3. The van der Waals surface area contributed by atoms with Crippen molar-refractivity contribution in [2.75, 3.05) is 19.6 Å². The minimum Gasteiger partial charge on any atom is -0.329 e. The lowest BCUT2D eigenvalue weighted by atomic mass is 10.1. The summed E-state index contributed by atoms with van der Waals surface area (Å²) in [5, 5.41) is 3.34. The van der Waals surface area contributed by atoms with E-state index in [9.17, 15) is 0 Å². The van der Waals surface area contributed by atoms with Crippen molar-refractivity contribution in [3.8, 4) is 0 Å². The van der Waals surface area contributed by atoms with E-state index in [4.69, 9.17) is 5.73 Å². The van der Waals surface area contributed by atoms with Crippen molar-refractivity contribution >= 4 is 10.2 Å². The maximum atomic E-state index is 5.40. The first-order chi connectivity index (χ1) is 7.91. The predicted octanol–water partition coefficient (Wildman–Crippen LogP) is 1.83. The minimum atomic E-state index is 0.764. The second-order valence-electron chi connectivity index (χ2n) is 4.72. The van der Waals surface area contributed by atoms with E-state index in [1.54, 1.807) is 0 Å².